The van der Waals surface area contributed by atoms with Crippen LogP contribution < -0.4 is 0 Å². The van der Waals surface area contributed by atoms with E-state index in [1.165, 1.54) is 18.2 Å². The van der Waals surface area contributed by atoms with Crippen LogP contribution in [0.3, 0.4) is 0 Å². The van der Waals surface area contributed by atoms with E-state index in [0.717, 1.165) is 11.1 Å². The molecule has 2 N–H and O–H groups in total. The molecule has 22 heavy (non-hydrogen) atoms. The molecule has 0 aliphatic carbocycles. The van der Waals surface area contributed by atoms with E-state index in [2.05, 4.69) is 0 Å². The first-order valence-corrected chi connectivity index (χ1v) is 8.40. The highest BCUT2D eigenvalue weighted by molar-refractivity contribution is 7.91. The van der Waals surface area contributed by atoms with Crippen molar-refractivity contribution >= 4 is 9.84 Å². The molecule has 0 fully saturated rings. The van der Waals surface area contributed by atoms with Crippen LogP contribution in [-0.4, -0.2) is 18.6 Å². The van der Waals surface area contributed by atoms with E-state index in [9.17, 15) is 18.6 Å². The zero-order valence-electron chi connectivity index (χ0n) is 13.4. The van der Waals surface area contributed by atoms with Gasteiger partial charge in [0.05, 0.1) is 4.90 Å². The molecule has 2 aromatic carbocycles. The lowest BCUT2D eigenvalue weighted by atomic mass is 10.0. The first kappa shape index (κ1) is 16.4. The molecular weight excluding hydrogens is 300 g/mol. The maximum absolute atomic E-state index is 13.0. The topological polar surface area (TPSA) is 74.6 Å². The van der Waals surface area contributed by atoms with Crippen LogP contribution >= 0.6 is 0 Å². The zero-order chi connectivity index (χ0) is 16.8. The van der Waals surface area contributed by atoms with Crippen LogP contribution in [0.1, 0.15) is 27.8 Å². The summed E-state index contributed by atoms with van der Waals surface area (Å²) in [5.74, 6) is -0.191. The molecule has 2 rings (SSSR count). The second kappa shape index (κ2) is 5.32. The molecule has 0 radical (unpaired) electrons. The minimum absolute atomic E-state index is 0.0532. The van der Waals surface area contributed by atoms with Crippen LogP contribution in [0.15, 0.2) is 28.0 Å². The molecule has 5 heteroatoms. The van der Waals surface area contributed by atoms with Gasteiger partial charge >= 0.3 is 0 Å². The summed E-state index contributed by atoms with van der Waals surface area (Å²) in [7, 11) is -3.87. The molecule has 0 saturated carbocycles. The fourth-order valence-electron chi connectivity index (χ4n) is 2.55. The third-order valence-electron chi connectivity index (χ3n) is 4.13. The molecule has 4 nitrogen and oxygen atoms in total. The van der Waals surface area contributed by atoms with Crippen LogP contribution in [0.5, 0.6) is 11.5 Å². The average Bonchev–Trinajstić information content (AvgIpc) is 2.39. The first-order chi connectivity index (χ1) is 10.1. The smallest absolute Gasteiger partial charge is 0.210 e. The van der Waals surface area contributed by atoms with Gasteiger partial charge in [0.1, 0.15) is 16.4 Å². The van der Waals surface area contributed by atoms with Gasteiger partial charge in [0.25, 0.3) is 0 Å². The summed E-state index contributed by atoms with van der Waals surface area (Å²) < 4.78 is 26.0. The number of phenolic OH excluding ortho intramolecular Hbond substituents is 2. The van der Waals surface area contributed by atoms with Crippen molar-refractivity contribution in [1.29, 1.82) is 0 Å². The Bertz CT molecular complexity index is 865. The van der Waals surface area contributed by atoms with E-state index in [1.807, 2.05) is 13.8 Å². The number of hydrogen-bond acceptors (Lipinski definition) is 4. The van der Waals surface area contributed by atoms with Gasteiger partial charge in [-0.2, -0.15) is 0 Å². The molecule has 0 unspecified atom stereocenters. The number of aromatic hydroxyl groups is 2. The van der Waals surface area contributed by atoms with Crippen molar-refractivity contribution in [2.24, 2.45) is 0 Å². The van der Waals surface area contributed by atoms with E-state index in [-0.39, 0.29) is 21.3 Å². The average molecular weight is 320 g/mol. The maximum atomic E-state index is 13.0. The molecule has 0 aromatic heterocycles. The van der Waals surface area contributed by atoms with Crippen molar-refractivity contribution in [2.75, 3.05) is 0 Å². The third kappa shape index (κ3) is 2.46. The molecule has 0 saturated heterocycles. The van der Waals surface area contributed by atoms with Gasteiger partial charge < -0.3 is 10.2 Å². The Morgan fingerprint density at radius 2 is 1.27 bits per heavy atom. The number of rotatable bonds is 2. The van der Waals surface area contributed by atoms with Gasteiger partial charge in [-0.15, -0.1) is 0 Å². The minimum Gasteiger partial charge on any atom is -0.508 e. The lowest BCUT2D eigenvalue weighted by Gasteiger charge is -2.16. The summed E-state index contributed by atoms with van der Waals surface area (Å²) in [5, 5.41) is 19.9. The molecule has 2 aromatic rings. The molecule has 0 bridgehead atoms. The van der Waals surface area contributed by atoms with Crippen LogP contribution in [-0.2, 0) is 9.84 Å². The maximum Gasteiger partial charge on any atom is 0.210 e. The van der Waals surface area contributed by atoms with Gasteiger partial charge in [0.2, 0.25) is 9.84 Å². The Kier molecular flexibility index (Phi) is 3.96. The highest BCUT2D eigenvalue weighted by Crippen LogP contribution is 2.37. The van der Waals surface area contributed by atoms with Gasteiger partial charge in [0, 0.05) is 0 Å². The van der Waals surface area contributed by atoms with Crippen LogP contribution in [0, 0.1) is 34.6 Å². The van der Waals surface area contributed by atoms with Crippen molar-refractivity contribution < 1.29 is 18.6 Å². The number of hydrogen-bond donors (Lipinski definition) is 2. The second-order valence-electron chi connectivity index (χ2n) is 5.70. The summed E-state index contributed by atoms with van der Waals surface area (Å²) in [6.07, 6.45) is 0. The fourth-order valence-corrected chi connectivity index (χ4v) is 4.48. The van der Waals surface area contributed by atoms with Crippen molar-refractivity contribution in [3.8, 4) is 11.5 Å². The molecule has 0 heterocycles. The van der Waals surface area contributed by atoms with Gasteiger partial charge in [-0.05, 0) is 80.6 Å². The normalized spacial score (nSPS) is 11.7. The second-order valence-corrected chi connectivity index (χ2v) is 7.55. The number of aryl methyl sites for hydroxylation is 3. The molecule has 0 spiro atoms. The van der Waals surface area contributed by atoms with Gasteiger partial charge in [0.15, 0.2) is 0 Å². The Morgan fingerprint density at radius 1 is 0.727 bits per heavy atom. The molecule has 0 amide bonds. The van der Waals surface area contributed by atoms with Gasteiger partial charge in [-0.1, -0.05) is 0 Å². The number of phenols is 2. The number of benzene rings is 2. The summed E-state index contributed by atoms with van der Waals surface area (Å²) >= 11 is 0. The Hall–Kier alpha value is -2.01. The summed E-state index contributed by atoms with van der Waals surface area (Å²) in [4.78, 5) is 0.0354. The Labute approximate surface area is 131 Å². The lowest BCUT2D eigenvalue weighted by molar-refractivity contribution is 0.456. The minimum atomic E-state index is -3.87. The summed E-state index contributed by atoms with van der Waals surface area (Å²) in [5.41, 5.74) is 3.14. The quantitative estimate of drug-likeness (QED) is 0.888. The van der Waals surface area contributed by atoms with Crippen molar-refractivity contribution in [2.45, 2.75) is 44.4 Å². The molecule has 0 atom stereocenters. The highest BCUT2D eigenvalue weighted by atomic mass is 32.2. The van der Waals surface area contributed by atoms with E-state index in [4.69, 9.17) is 0 Å². The highest BCUT2D eigenvalue weighted by Gasteiger charge is 2.27. The predicted molar refractivity (Wildman–Crippen MR) is 85.4 cm³/mol. The van der Waals surface area contributed by atoms with E-state index < -0.39 is 9.84 Å². The van der Waals surface area contributed by atoms with Crippen molar-refractivity contribution in [3.63, 3.8) is 0 Å². The third-order valence-corrected chi connectivity index (χ3v) is 6.20. The van der Waals surface area contributed by atoms with Gasteiger partial charge in [-0.3, -0.25) is 0 Å². The Morgan fingerprint density at radius 3 is 1.86 bits per heavy atom. The SMILES string of the molecule is Cc1cc(S(=O)(=O)c2c(O)cc(C)c(C)c2C)c(C)cc1O. The predicted octanol–water partition coefficient (Wildman–Crippen LogP) is 3.47. The number of sulfone groups is 1. The first-order valence-electron chi connectivity index (χ1n) is 6.92. The molecule has 0 aliphatic rings. The molecule has 118 valence electrons. The lowest BCUT2D eigenvalue weighted by Crippen LogP contribution is -2.08. The van der Waals surface area contributed by atoms with Crippen LogP contribution in [0.2, 0.25) is 0 Å². The van der Waals surface area contributed by atoms with E-state index in [1.54, 1.807) is 20.8 Å². The fraction of sp³-hybridized carbons (Fsp3) is 0.294. The van der Waals surface area contributed by atoms with Crippen LogP contribution in [0.4, 0.5) is 0 Å². The Balaban J connectivity index is 2.83. The van der Waals surface area contributed by atoms with Crippen molar-refractivity contribution in [1.82, 2.24) is 0 Å². The zero-order valence-corrected chi connectivity index (χ0v) is 14.2. The van der Waals surface area contributed by atoms with Crippen molar-refractivity contribution in [3.05, 3.63) is 46.0 Å². The summed E-state index contributed by atoms with van der Waals surface area (Å²) in [6.45, 7) is 8.62. The largest absolute Gasteiger partial charge is 0.508 e. The molecular formula is C17H20O4S. The summed E-state index contributed by atoms with van der Waals surface area (Å²) in [6, 6.07) is 4.33. The standard InChI is InChI=1S/C17H20O4S/c1-9-6-15(19)17(13(5)12(9)4)22(20,21)16-8-10(2)14(18)7-11(16)3/h6-8,18-19H,1-5H3. The van der Waals surface area contributed by atoms with Gasteiger partial charge in [-0.25, -0.2) is 8.42 Å². The van der Waals surface area contributed by atoms with Crippen LogP contribution in [0.25, 0.3) is 0 Å². The monoisotopic (exact) mass is 320 g/mol. The van der Waals surface area contributed by atoms with E-state index in [0.29, 0.717) is 16.7 Å². The van der Waals surface area contributed by atoms with E-state index >= 15 is 0 Å². The molecule has 0 aliphatic heterocycles.